The second-order valence-corrected chi connectivity index (χ2v) is 6.08. The number of rotatable bonds is 1. The smallest absolute Gasteiger partial charge is 0.00132 e. The number of hydrogen-bond acceptors (Lipinski definition) is 0. The van der Waals surface area contributed by atoms with Gasteiger partial charge in [-0.3, -0.25) is 0 Å². The SMILES string of the molecule is Cc1ccc(-c2ccc3c(c2)Cc2ccc(C)cc2-3)cc1. The van der Waals surface area contributed by atoms with Crippen LogP contribution < -0.4 is 0 Å². The zero-order valence-corrected chi connectivity index (χ0v) is 12.5. The van der Waals surface area contributed by atoms with E-state index >= 15 is 0 Å². The fraction of sp³-hybridized carbons (Fsp3) is 0.143. The molecule has 102 valence electrons. The van der Waals surface area contributed by atoms with Gasteiger partial charge in [-0.05, 0) is 53.6 Å². The number of aryl methyl sites for hydroxylation is 2. The van der Waals surface area contributed by atoms with Gasteiger partial charge in [0.1, 0.15) is 0 Å². The van der Waals surface area contributed by atoms with Crippen LogP contribution in [-0.4, -0.2) is 0 Å². The first-order valence-electron chi connectivity index (χ1n) is 7.50. The Kier molecular flexibility index (Phi) is 2.71. The summed E-state index contributed by atoms with van der Waals surface area (Å²) in [4.78, 5) is 0. The molecule has 1 aliphatic rings. The van der Waals surface area contributed by atoms with Gasteiger partial charge in [0.05, 0.1) is 0 Å². The Morgan fingerprint density at radius 2 is 1.29 bits per heavy atom. The van der Waals surface area contributed by atoms with Crippen molar-refractivity contribution in [3.05, 3.63) is 82.9 Å². The molecule has 0 radical (unpaired) electrons. The van der Waals surface area contributed by atoms with Gasteiger partial charge >= 0.3 is 0 Å². The Morgan fingerprint density at radius 1 is 0.571 bits per heavy atom. The summed E-state index contributed by atoms with van der Waals surface area (Å²) in [7, 11) is 0. The number of hydrogen-bond donors (Lipinski definition) is 0. The highest BCUT2D eigenvalue weighted by molar-refractivity contribution is 5.80. The highest BCUT2D eigenvalue weighted by atomic mass is 14.2. The standard InChI is InChI=1S/C21H18/c1-14-3-6-16(7-4-14)17-9-10-20-19(12-17)13-18-8-5-15(2)11-21(18)20/h3-12H,13H2,1-2H3. The van der Waals surface area contributed by atoms with E-state index in [9.17, 15) is 0 Å². The van der Waals surface area contributed by atoms with E-state index in [1.165, 1.54) is 44.5 Å². The van der Waals surface area contributed by atoms with Crippen LogP contribution in [0.4, 0.5) is 0 Å². The van der Waals surface area contributed by atoms with E-state index in [4.69, 9.17) is 0 Å². The molecule has 0 amide bonds. The predicted octanol–water partition coefficient (Wildman–Crippen LogP) is 5.54. The van der Waals surface area contributed by atoms with E-state index in [1.807, 2.05) is 0 Å². The van der Waals surface area contributed by atoms with Crippen molar-refractivity contribution >= 4 is 0 Å². The van der Waals surface area contributed by atoms with Crippen LogP contribution in [0, 0.1) is 13.8 Å². The topological polar surface area (TPSA) is 0 Å². The van der Waals surface area contributed by atoms with Gasteiger partial charge < -0.3 is 0 Å². The Labute approximate surface area is 126 Å². The monoisotopic (exact) mass is 270 g/mol. The van der Waals surface area contributed by atoms with Crippen LogP contribution in [0.1, 0.15) is 22.3 Å². The molecule has 21 heavy (non-hydrogen) atoms. The zero-order valence-electron chi connectivity index (χ0n) is 12.5. The highest BCUT2D eigenvalue weighted by Crippen LogP contribution is 2.39. The molecular formula is C21H18. The van der Waals surface area contributed by atoms with Crippen molar-refractivity contribution in [2.75, 3.05) is 0 Å². The van der Waals surface area contributed by atoms with Crippen molar-refractivity contribution in [2.45, 2.75) is 20.3 Å². The van der Waals surface area contributed by atoms with Crippen molar-refractivity contribution < 1.29 is 0 Å². The maximum absolute atomic E-state index is 2.36. The molecule has 0 unspecified atom stereocenters. The van der Waals surface area contributed by atoms with E-state index < -0.39 is 0 Å². The van der Waals surface area contributed by atoms with Crippen molar-refractivity contribution in [1.82, 2.24) is 0 Å². The molecule has 0 aromatic heterocycles. The molecular weight excluding hydrogens is 252 g/mol. The average molecular weight is 270 g/mol. The molecule has 4 rings (SSSR count). The Balaban J connectivity index is 1.80. The molecule has 0 N–H and O–H groups in total. The first kappa shape index (κ1) is 12.4. The summed E-state index contributed by atoms with van der Waals surface area (Å²) < 4.78 is 0. The fourth-order valence-corrected chi connectivity index (χ4v) is 3.23. The first-order chi connectivity index (χ1) is 10.2. The largest absolute Gasteiger partial charge is 0.0590 e. The van der Waals surface area contributed by atoms with Crippen molar-refractivity contribution in [3.8, 4) is 22.3 Å². The van der Waals surface area contributed by atoms with E-state index in [2.05, 4.69) is 74.5 Å². The molecule has 0 heteroatoms. The van der Waals surface area contributed by atoms with Crippen LogP contribution in [0.15, 0.2) is 60.7 Å². The van der Waals surface area contributed by atoms with E-state index in [0.717, 1.165) is 6.42 Å². The summed E-state index contributed by atoms with van der Waals surface area (Å²) in [6.07, 6.45) is 1.06. The Hall–Kier alpha value is -2.34. The molecule has 0 atom stereocenters. The van der Waals surface area contributed by atoms with Crippen molar-refractivity contribution in [3.63, 3.8) is 0 Å². The molecule has 0 aliphatic heterocycles. The van der Waals surface area contributed by atoms with E-state index in [-0.39, 0.29) is 0 Å². The summed E-state index contributed by atoms with van der Waals surface area (Å²) in [5.74, 6) is 0. The Morgan fingerprint density at radius 3 is 2.10 bits per heavy atom. The molecule has 1 aliphatic carbocycles. The minimum absolute atomic E-state index is 1.06. The summed E-state index contributed by atoms with van der Waals surface area (Å²) >= 11 is 0. The average Bonchev–Trinajstić information content (AvgIpc) is 2.85. The molecule has 0 nitrogen and oxygen atoms in total. The molecule has 0 saturated heterocycles. The van der Waals surface area contributed by atoms with Gasteiger partial charge in [0.2, 0.25) is 0 Å². The number of fused-ring (bicyclic) bond motifs is 3. The molecule has 0 heterocycles. The number of benzene rings is 3. The zero-order chi connectivity index (χ0) is 14.4. The Bertz CT molecular complexity index is 823. The first-order valence-corrected chi connectivity index (χ1v) is 7.50. The van der Waals surface area contributed by atoms with E-state index in [1.54, 1.807) is 0 Å². The molecule has 3 aromatic rings. The minimum atomic E-state index is 1.06. The summed E-state index contributed by atoms with van der Waals surface area (Å²) in [5, 5.41) is 0. The summed E-state index contributed by atoms with van der Waals surface area (Å²) in [6, 6.07) is 22.5. The normalized spacial score (nSPS) is 12.1. The quantitative estimate of drug-likeness (QED) is 0.426. The van der Waals surface area contributed by atoms with Gasteiger partial charge in [-0.2, -0.15) is 0 Å². The third-order valence-corrected chi connectivity index (χ3v) is 4.43. The van der Waals surface area contributed by atoms with Crippen LogP contribution in [0.3, 0.4) is 0 Å². The lowest BCUT2D eigenvalue weighted by molar-refractivity contribution is 1.26. The van der Waals surface area contributed by atoms with Crippen LogP contribution in [-0.2, 0) is 6.42 Å². The summed E-state index contributed by atoms with van der Waals surface area (Å²) in [6.45, 7) is 4.30. The lowest BCUT2D eigenvalue weighted by Gasteiger charge is -2.06. The van der Waals surface area contributed by atoms with Gasteiger partial charge in [0.25, 0.3) is 0 Å². The van der Waals surface area contributed by atoms with Crippen molar-refractivity contribution in [1.29, 1.82) is 0 Å². The maximum atomic E-state index is 2.36. The van der Waals surface area contributed by atoms with E-state index in [0.29, 0.717) is 0 Å². The second kappa shape index (κ2) is 4.60. The van der Waals surface area contributed by atoms with Crippen LogP contribution in [0.5, 0.6) is 0 Å². The van der Waals surface area contributed by atoms with Crippen LogP contribution in [0.25, 0.3) is 22.3 Å². The van der Waals surface area contributed by atoms with Crippen LogP contribution >= 0.6 is 0 Å². The second-order valence-electron chi connectivity index (χ2n) is 6.08. The lowest BCUT2D eigenvalue weighted by atomic mass is 9.98. The fourth-order valence-electron chi connectivity index (χ4n) is 3.23. The molecule has 3 aromatic carbocycles. The molecule has 0 saturated carbocycles. The van der Waals surface area contributed by atoms with Crippen molar-refractivity contribution in [2.24, 2.45) is 0 Å². The van der Waals surface area contributed by atoms with Gasteiger partial charge in [-0.15, -0.1) is 0 Å². The third-order valence-electron chi connectivity index (χ3n) is 4.43. The molecule has 0 spiro atoms. The predicted molar refractivity (Wildman–Crippen MR) is 89.6 cm³/mol. The minimum Gasteiger partial charge on any atom is -0.0590 e. The lowest BCUT2D eigenvalue weighted by Crippen LogP contribution is -1.84. The maximum Gasteiger partial charge on any atom is -0.00132 e. The highest BCUT2D eigenvalue weighted by Gasteiger charge is 2.18. The van der Waals surface area contributed by atoms with Gasteiger partial charge in [0.15, 0.2) is 0 Å². The summed E-state index contributed by atoms with van der Waals surface area (Å²) in [5.41, 5.74) is 11.0. The molecule has 0 bridgehead atoms. The van der Waals surface area contributed by atoms with Gasteiger partial charge in [0, 0.05) is 0 Å². The van der Waals surface area contributed by atoms with Gasteiger partial charge in [-0.1, -0.05) is 71.8 Å². The molecule has 0 fully saturated rings. The van der Waals surface area contributed by atoms with Crippen LogP contribution in [0.2, 0.25) is 0 Å². The van der Waals surface area contributed by atoms with Gasteiger partial charge in [-0.25, -0.2) is 0 Å². The third kappa shape index (κ3) is 2.08.